The van der Waals surface area contributed by atoms with E-state index in [0.717, 1.165) is 22.6 Å². The van der Waals surface area contributed by atoms with Crippen LogP contribution in [0.2, 0.25) is 0 Å². The predicted molar refractivity (Wildman–Crippen MR) is 131 cm³/mol. The molecule has 186 valence electrons. The van der Waals surface area contributed by atoms with Gasteiger partial charge in [-0.1, -0.05) is 24.3 Å². The molecule has 2 saturated carbocycles. The van der Waals surface area contributed by atoms with Crippen LogP contribution in [0.1, 0.15) is 49.3 Å². The number of nitrogens with one attached hydrogen (secondary N) is 1. The molecule has 0 atom stereocenters. The summed E-state index contributed by atoms with van der Waals surface area (Å²) in [6.07, 6.45) is 5.22. The van der Waals surface area contributed by atoms with Gasteiger partial charge in [0, 0.05) is 7.11 Å². The van der Waals surface area contributed by atoms with Crippen molar-refractivity contribution in [1.29, 1.82) is 0 Å². The molecule has 4 rings (SSSR count). The maximum Gasteiger partial charge on any atom is 0.212 e. The van der Waals surface area contributed by atoms with Gasteiger partial charge in [-0.2, -0.15) is 0 Å². The van der Waals surface area contributed by atoms with Gasteiger partial charge >= 0.3 is 0 Å². The topological polar surface area (TPSA) is 83.1 Å². The minimum absolute atomic E-state index is 0.0387. The van der Waals surface area contributed by atoms with Crippen molar-refractivity contribution < 1.29 is 27.4 Å². The van der Waals surface area contributed by atoms with Gasteiger partial charge in [-0.3, -0.25) is 0 Å². The fourth-order valence-electron chi connectivity index (χ4n) is 3.63. The quantitative estimate of drug-likeness (QED) is 0.280. The average Bonchev–Trinajstić information content (AvgIpc) is 3.75. The lowest BCUT2D eigenvalue weighted by atomic mass is 9.99. The summed E-state index contributed by atoms with van der Waals surface area (Å²) in [4.78, 5) is 0. The van der Waals surface area contributed by atoms with Crippen molar-refractivity contribution >= 4 is 10.0 Å². The van der Waals surface area contributed by atoms with Gasteiger partial charge in [-0.25, -0.2) is 13.1 Å². The zero-order valence-electron chi connectivity index (χ0n) is 19.8. The second-order valence-corrected chi connectivity index (χ2v) is 11.1. The Morgan fingerprint density at radius 1 is 0.912 bits per heavy atom. The average molecular weight is 490 g/mol. The van der Waals surface area contributed by atoms with Crippen LogP contribution >= 0.6 is 0 Å². The summed E-state index contributed by atoms with van der Waals surface area (Å²) in [5.74, 6) is 2.74. The summed E-state index contributed by atoms with van der Waals surface area (Å²) in [6.45, 7) is 1.86. The van der Waals surface area contributed by atoms with Crippen molar-refractivity contribution in [3.8, 4) is 11.5 Å². The molecule has 2 aliphatic carbocycles. The van der Waals surface area contributed by atoms with E-state index in [9.17, 15) is 8.42 Å². The van der Waals surface area contributed by atoms with E-state index in [-0.39, 0.29) is 12.5 Å². The van der Waals surface area contributed by atoms with E-state index in [1.165, 1.54) is 32.8 Å². The van der Waals surface area contributed by atoms with Crippen LogP contribution in [0.4, 0.5) is 0 Å². The van der Waals surface area contributed by atoms with Gasteiger partial charge in [0.15, 0.2) is 0 Å². The molecule has 0 unspecified atom stereocenters. The van der Waals surface area contributed by atoms with E-state index in [4.69, 9.17) is 18.9 Å². The number of sulfonamides is 1. The van der Waals surface area contributed by atoms with Gasteiger partial charge in [-0.05, 0) is 79.3 Å². The largest absolute Gasteiger partial charge is 0.493 e. The Labute approximate surface area is 202 Å². The maximum atomic E-state index is 13.0. The Hall–Kier alpha value is -2.13. The van der Waals surface area contributed by atoms with E-state index in [2.05, 4.69) is 4.72 Å². The van der Waals surface area contributed by atoms with Crippen LogP contribution in [0.5, 0.6) is 11.5 Å². The molecule has 2 aromatic carbocycles. The molecule has 8 heteroatoms. The van der Waals surface area contributed by atoms with Crippen LogP contribution in [0.25, 0.3) is 0 Å². The molecule has 0 radical (unpaired) electrons. The van der Waals surface area contributed by atoms with Crippen LogP contribution in [0, 0.1) is 11.8 Å². The normalized spacial score (nSPS) is 16.1. The van der Waals surface area contributed by atoms with E-state index in [0.29, 0.717) is 38.1 Å². The van der Waals surface area contributed by atoms with E-state index >= 15 is 0 Å². The van der Waals surface area contributed by atoms with Crippen LogP contribution < -0.4 is 14.2 Å². The Bertz CT molecular complexity index is 960. The first kappa shape index (κ1) is 25.0. The lowest BCUT2D eigenvalue weighted by Gasteiger charge is -2.21. The number of ether oxygens (including phenoxy) is 4. The van der Waals surface area contributed by atoms with Crippen LogP contribution in [0.15, 0.2) is 48.5 Å². The second kappa shape index (κ2) is 12.0. The van der Waals surface area contributed by atoms with E-state index in [1.807, 2.05) is 48.5 Å². The van der Waals surface area contributed by atoms with Gasteiger partial charge in [0.2, 0.25) is 10.0 Å². The van der Waals surface area contributed by atoms with Crippen molar-refractivity contribution in [3.05, 3.63) is 59.7 Å². The third kappa shape index (κ3) is 8.27. The Morgan fingerprint density at radius 3 is 1.97 bits per heavy atom. The molecule has 0 amide bonds. The van der Waals surface area contributed by atoms with Gasteiger partial charge in [0.05, 0.1) is 31.6 Å². The molecule has 2 fully saturated rings. The summed E-state index contributed by atoms with van der Waals surface area (Å²) in [7, 11) is -2.04. The van der Waals surface area contributed by atoms with Crippen molar-refractivity contribution in [1.82, 2.24) is 4.72 Å². The van der Waals surface area contributed by atoms with Gasteiger partial charge in [0.25, 0.3) is 0 Å². The molecular weight excluding hydrogens is 454 g/mol. The third-order valence-corrected chi connectivity index (χ3v) is 7.37. The van der Waals surface area contributed by atoms with Crippen molar-refractivity contribution in [2.24, 2.45) is 11.8 Å². The summed E-state index contributed by atoms with van der Waals surface area (Å²) in [6, 6.07) is 14.8. The molecule has 2 aromatic rings. The molecule has 34 heavy (non-hydrogen) atoms. The summed E-state index contributed by atoms with van der Waals surface area (Å²) in [5.41, 5.74) is 1.65. The van der Waals surface area contributed by atoms with Crippen molar-refractivity contribution in [2.45, 2.75) is 38.1 Å². The number of methoxy groups -OCH3 is 1. The van der Waals surface area contributed by atoms with E-state index < -0.39 is 16.1 Å². The summed E-state index contributed by atoms with van der Waals surface area (Å²) < 4.78 is 50.8. The highest BCUT2D eigenvalue weighted by molar-refractivity contribution is 7.89. The van der Waals surface area contributed by atoms with E-state index in [1.54, 1.807) is 0 Å². The highest BCUT2D eigenvalue weighted by Crippen LogP contribution is 2.33. The number of hydrogen-bond acceptors (Lipinski definition) is 6. The summed E-state index contributed by atoms with van der Waals surface area (Å²) in [5, 5.41) is 0. The molecule has 0 saturated heterocycles. The standard InChI is InChI=1S/C26H35NO6S/c1-30-19-31-13-4-14-34(28,29)27-26(22-5-2-7-24(15-22)32-17-20-9-10-20)23-6-3-8-25(16-23)33-18-21-11-12-21/h2-3,5-8,15-16,20-21,26-27H,4,9-14,17-19H2,1H3. The molecule has 0 bridgehead atoms. The number of benzene rings is 2. The first-order valence-corrected chi connectivity index (χ1v) is 13.7. The first-order chi connectivity index (χ1) is 16.5. The Morgan fingerprint density at radius 2 is 1.47 bits per heavy atom. The molecule has 0 aliphatic heterocycles. The Kier molecular flexibility index (Phi) is 8.83. The fourth-order valence-corrected chi connectivity index (χ4v) is 4.87. The van der Waals surface area contributed by atoms with Crippen molar-refractivity contribution in [3.63, 3.8) is 0 Å². The van der Waals surface area contributed by atoms with Gasteiger partial charge in [0.1, 0.15) is 18.3 Å². The predicted octanol–water partition coefficient (Wildman–Crippen LogP) is 4.28. The van der Waals surface area contributed by atoms with Crippen LogP contribution in [-0.2, 0) is 19.5 Å². The Balaban J connectivity index is 1.51. The number of rotatable bonds is 16. The zero-order chi connectivity index (χ0) is 23.8. The molecule has 0 heterocycles. The van der Waals surface area contributed by atoms with Gasteiger partial charge in [-0.15, -0.1) is 0 Å². The summed E-state index contributed by atoms with van der Waals surface area (Å²) >= 11 is 0. The smallest absolute Gasteiger partial charge is 0.212 e. The minimum atomic E-state index is -3.57. The SMILES string of the molecule is COCOCCCS(=O)(=O)NC(c1cccc(OCC2CC2)c1)c1cccc(OCC2CC2)c1. The lowest BCUT2D eigenvalue weighted by molar-refractivity contribution is -0.0298. The molecule has 2 aliphatic rings. The lowest BCUT2D eigenvalue weighted by Crippen LogP contribution is -2.32. The highest BCUT2D eigenvalue weighted by atomic mass is 32.2. The molecular formula is C26H35NO6S. The molecule has 0 aromatic heterocycles. The van der Waals surface area contributed by atoms with Crippen molar-refractivity contribution in [2.75, 3.05) is 39.5 Å². The second-order valence-electron chi connectivity index (χ2n) is 9.19. The number of hydrogen-bond donors (Lipinski definition) is 1. The third-order valence-electron chi connectivity index (χ3n) is 5.95. The monoisotopic (exact) mass is 489 g/mol. The maximum absolute atomic E-state index is 13.0. The zero-order valence-corrected chi connectivity index (χ0v) is 20.6. The highest BCUT2D eigenvalue weighted by Gasteiger charge is 2.25. The molecule has 1 N–H and O–H groups in total. The molecule has 7 nitrogen and oxygen atoms in total. The first-order valence-electron chi connectivity index (χ1n) is 12.0. The fraction of sp³-hybridized carbons (Fsp3) is 0.538. The van der Waals surface area contributed by atoms with Gasteiger partial charge < -0.3 is 18.9 Å². The minimum Gasteiger partial charge on any atom is -0.493 e. The molecule has 0 spiro atoms. The van der Waals surface area contributed by atoms with Crippen LogP contribution in [-0.4, -0.2) is 47.9 Å². The van der Waals surface area contributed by atoms with Crippen LogP contribution in [0.3, 0.4) is 0 Å².